The van der Waals surface area contributed by atoms with Crippen LogP contribution in [-0.2, 0) is 14.3 Å². The molecule has 0 saturated carbocycles. The van der Waals surface area contributed by atoms with Gasteiger partial charge in [-0.05, 0) is 6.07 Å². The molecule has 0 spiro atoms. The summed E-state index contributed by atoms with van der Waals surface area (Å²) >= 11 is 2.83. The number of carbonyl (C=O) groups is 2. The number of esters is 1. The zero-order valence-corrected chi connectivity index (χ0v) is 12.7. The van der Waals surface area contributed by atoms with Gasteiger partial charge in [0.25, 0.3) is 0 Å². The van der Waals surface area contributed by atoms with E-state index in [-0.39, 0.29) is 22.9 Å². The molecule has 1 aromatic rings. The lowest BCUT2D eigenvalue weighted by Crippen LogP contribution is -2.45. The summed E-state index contributed by atoms with van der Waals surface area (Å²) in [5, 5.41) is 0.299. The number of ether oxygens (including phenoxy) is 1. The first kappa shape index (κ1) is 15.1. The highest BCUT2D eigenvalue weighted by Crippen LogP contribution is 2.21. The van der Waals surface area contributed by atoms with E-state index >= 15 is 0 Å². The fourth-order valence-corrected chi connectivity index (χ4v) is 3.56. The molecule has 1 amide bonds. The van der Waals surface area contributed by atoms with Crippen LogP contribution < -0.4 is 0 Å². The molecule has 108 valence electrons. The fraction of sp³-hybridized carbons (Fsp3) is 0.500. The van der Waals surface area contributed by atoms with E-state index in [9.17, 15) is 9.59 Å². The van der Waals surface area contributed by atoms with Crippen molar-refractivity contribution in [3.05, 3.63) is 18.5 Å². The zero-order valence-electron chi connectivity index (χ0n) is 11.0. The highest BCUT2D eigenvalue weighted by atomic mass is 32.2. The number of hydrogen-bond acceptors (Lipinski definition) is 7. The number of amides is 1. The molecule has 1 aromatic heterocycles. The molecular weight excluding hydrogens is 298 g/mol. The van der Waals surface area contributed by atoms with E-state index in [2.05, 4.69) is 9.97 Å². The Hall–Kier alpha value is -1.28. The van der Waals surface area contributed by atoms with Crippen LogP contribution in [0.25, 0.3) is 0 Å². The van der Waals surface area contributed by atoms with E-state index in [1.54, 1.807) is 23.4 Å². The first-order valence-electron chi connectivity index (χ1n) is 6.07. The van der Waals surface area contributed by atoms with E-state index in [0.29, 0.717) is 18.2 Å². The largest absolute Gasteiger partial charge is 0.468 e. The molecule has 1 aliphatic rings. The highest BCUT2D eigenvalue weighted by Gasteiger charge is 2.29. The molecule has 0 radical (unpaired) electrons. The summed E-state index contributed by atoms with van der Waals surface area (Å²) in [7, 11) is 1.37. The smallest absolute Gasteiger partial charge is 0.320 e. The Morgan fingerprint density at radius 2 is 2.25 bits per heavy atom. The Bertz CT molecular complexity index is 472. The number of methoxy groups -OCH3 is 1. The Morgan fingerprint density at radius 3 is 2.95 bits per heavy atom. The number of nitrogens with zero attached hydrogens (tertiary/aromatic N) is 3. The molecule has 2 rings (SSSR count). The summed E-state index contributed by atoms with van der Waals surface area (Å²) in [5.41, 5.74) is 0. The third-order valence-corrected chi connectivity index (χ3v) is 4.77. The van der Waals surface area contributed by atoms with Gasteiger partial charge in [-0.1, -0.05) is 11.8 Å². The summed E-state index contributed by atoms with van der Waals surface area (Å²) in [4.78, 5) is 33.4. The maximum atomic E-state index is 12.1. The van der Waals surface area contributed by atoms with Gasteiger partial charge in [0.15, 0.2) is 5.16 Å². The molecule has 1 saturated heterocycles. The third kappa shape index (κ3) is 4.11. The average Bonchev–Trinajstić information content (AvgIpc) is 2.53. The van der Waals surface area contributed by atoms with Crippen LogP contribution in [0.15, 0.2) is 23.6 Å². The van der Waals surface area contributed by atoms with Gasteiger partial charge < -0.3 is 9.64 Å². The molecule has 2 heterocycles. The molecule has 0 aromatic carbocycles. The van der Waals surface area contributed by atoms with Crippen molar-refractivity contribution in [2.75, 3.05) is 31.7 Å². The van der Waals surface area contributed by atoms with E-state index in [0.717, 1.165) is 5.75 Å². The van der Waals surface area contributed by atoms with Crippen LogP contribution in [0.5, 0.6) is 0 Å². The molecule has 20 heavy (non-hydrogen) atoms. The second-order valence-corrected chi connectivity index (χ2v) is 6.30. The van der Waals surface area contributed by atoms with Crippen molar-refractivity contribution < 1.29 is 14.3 Å². The predicted molar refractivity (Wildman–Crippen MR) is 77.6 cm³/mol. The van der Waals surface area contributed by atoms with Crippen molar-refractivity contribution in [1.29, 1.82) is 0 Å². The molecule has 0 N–H and O–H groups in total. The van der Waals surface area contributed by atoms with Gasteiger partial charge in [0.2, 0.25) is 5.91 Å². The molecule has 1 fully saturated rings. The van der Waals surface area contributed by atoms with Gasteiger partial charge >= 0.3 is 5.97 Å². The van der Waals surface area contributed by atoms with Crippen molar-refractivity contribution in [1.82, 2.24) is 14.9 Å². The molecule has 8 heteroatoms. The molecule has 0 aliphatic carbocycles. The van der Waals surface area contributed by atoms with Crippen molar-refractivity contribution >= 4 is 35.4 Å². The van der Waals surface area contributed by atoms with E-state index in [1.807, 2.05) is 0 Å². The number of rotatable bonds is 4. The van der Waals surface area contributed by atoms with Crippen molar-refractivity contribution in [3.8, 4) is 0 Å². The van der Waals surface area contributed by atoms with Gasteiger partial charge in [-0.25, -0.2) is 9.97 Å². The summed E-state index contributed by atoms with van der Waals surface area (Å²) in [6.07, 6.45) is 3.29. The summed E-state index contributed by atoms with van der Waals surface area (Å²) in [6.45, 7) is 1.07. The van der Waals surface area contributed by atoms with Crippen molar-refractivity contribution in [3.63, 3.8) is 0 Å². The third-order valence-electron chi connectivity index (χ3n) is 2.75. The van der Waals surface area contributed by atoms with Crippen LogP contribution in [0.2, 0.25) is 0 Å². The maximum Gasteiger partial charge on any atom is 0.320 e. The zero-order chi connectivity index (χ0) is 14.4. The minimum absolute atomic E-state index is 0.00310. The van der Waals surface area contributed by atoms with E-state index < -0.39 is 0 Å². The number of aromatic nitrogens is 2. The highest BCUT2D eigenvalue weighted by molar-refractivity contribution is 8.00. The fourth-order valence-electron chi connectivity index (χ4n) is 1.73. The molecule has 1 aliphatic heterocycles. The van der Waals surface area contributed by atoms with Crippen LogP contribution in [0, 0.1) is 0 Å². The Morgan fingerprint density at radius 1 is 1.50 bits per heavy atom. The number of carbonyl (C=O) groups excluding carboxylic acids is 2. The maximum absolute atomic E-state index is 12.1. The van der Waals surface area contributed by atoms with Gasteiger partial charge in [-0.15, -0.1) is 11.8 Å². The molecule has 1 atom stereocenters. The van der Waals surface area contributed by atoms with Crippen molar-refractivity contribution in [2.45, 2.75) is 10.4 Å². The van der Waals surface area contributed by atoms with Crippen LogP contribution in [0.1, 0.15) is 0 Å². The van der Waals surface area contributed by atoms with Gasteiger partial charge in [-0.3, -0.25) is 9.59 Å². The lowest BCUT2D eigenvalue weighted by atomic mass is 10.3. The quantitative estimate of drug-likeness (QED) is 0.460. The van der Waals surface area contributed by atoms with E-state index in [1.165, 1.54) is 30.6 Å². The molecule has 0 unspecified atom stereocenters. The summed E-state index contributed by atoms with van der Waals surface area (Å²) in [6, 6.07) is 1.73. The van der Waals surface area contributed by atoms with Crippen LogP contribution in [0.3, 0.4) is 0 Å². The first-order valence-corrected chi connectivity index (χ1v) is 8.11. The van der Waals surface area contributed by atoms with Gasteiger partial charge in [0, 0.05) is 31.2 Å². The topological polar surface area (TPSA) is 72.4 Å². The van der Waals surface area contributed by atoms with E-state index in [4.69, 9.17) is 4.74 Å². The Labute approximate surface area is 125 Å². The minimum Gasteiger partial charge on any atom is -0.468 e. The predicted octanol–water partition coefficient (Wildman–Crippen LogP) is 0.686. The van der Waals surface area contributed by atoms with Gasteiger partial charge in [0.1, 0.15) is 5.25 Å². The summed E-state index contributed by atoms with van der Waals surface area (Å²) < 4.78 is 4.72. The lowest BCUT2D eigenvalue weighted by Gasteiger charge is -2.30. The van der Waals surface area contributed by atoms with Gasteiger partial charge in [0.05, 0.1) is 12.9 Å². The van der Waals surface area contributed by atoms with Crippen LogP contribution in [-0.4, -0.2) is 63.7 Å². The number of thioether (sulfide) groups is 2. The standard InChI is InChI=1S/C12H15N3O3S2/c1-18-11(17)9-7-15(5-6-19-9)10(16)8-20-12-13-3-2-4-14-12/h2-4,9H,5-8H2,1H3/t9-/m1/s1. The normalized spacial score (nSPS) is 18.6. The van der Waals surface area contributed by atoms with Crippen molar-refractivity contribution in [2.24, 2.45) is 0 Å². The Kier molecular flexibility index (Phi) is 5.66. The monoisotopic (exact) mass is 313 g/mol. The first-order chi connectivity index (χ1) is 9.70. The second kappa shape index (κ2) is 7.49. The van der Waals surface area contributed by atoms with Gasteiger partial charge in [-0.2, -0.15) is 0 Å². The second-order valence-electron chi connectivity index (χ2n) is 4.04. The molecule has 0 bridgehead atoms. The Balaban J connectivity index is 1.84. The SMILES string of the molecule is COC(=O)[C@H]1CN(C(=O)CSc2ncccn2)CCS1. The minimum atomic E-state index is -0.282. The van der Waals surface area contributed by atoms with Crippen LogP contribution >= 0.6 is 23.5 Å². The molecule has 6 nitrogen and oxygen atoms in total. The summed E-state index contributed by atoms with van der Waals surface area (Å²) in [5.74, 6) is 0.754. The molecular formula is C12H15N3O3S2. The van der Waals surface area contributed by atoms with Crippen LogP contribution in [0.4, 0.5) is 0 Å². The average molecular weight is 313 g/mol. The number of hydrogen-bond donors (Lipinski definition) is 0. The lowest BCUT2D eigenvalue weighted by molar-refractivity contribution is -0.141.